The van der Waals surface area contributed by atoms with E-state index in [-0.39, 0.29) is 5.91 Å². The highest BCUT2D eigenvalue weighted by molar-refractivity contribution is 7.16. The van der Waals surface area contributed by atoms with Gasteiger partial charge in [0.25, 0.3) is 5.91 Å². The van der Waals surface area contributed by atoms with Gasteiger partial charge in [-0.05, 0) is 37.6 Å². The molecule has 1 amide bonds. The molecular formula is C19H20N2O2S. The van der Waals surface area contributed by atoms with E-state index in [0.717, 1.165) is 21.5 Å². The Balaban J connectivity index is 1.89. The summed E-state index contributed by atoms with van der Waals surface area (Å²) in [7, 11) is 1.93. The first-order chi connectivity index (χ1) is 11.6. The van der Waals surface area contributed by atoms with Gasteiger partial charge in [0.2, 0.25) is 0 Å². The summed E-state index contributed by atoms with van der Waals surface area (Å²) in [6.45, 7) is 4.63. The number of hydrogen-bond acceptors (Lipinski definition) is 3. The monoisotopic (exact) mass is 340 g/mol. The van der Waals surface area contributed by atoms with Crippen LogP contribution in [0.2, 0.25) is 0 Å². The minimum absolute atomic E-state index is 0.133. The zero-order valence-electron chi connectivity index (χ0n) is 14.1. The van der Waals surface area contributed by atoms with Crippen molar-refractivity contribution in [2.75, 3.05) is 6.61 Å². The van der Waals surface area contributed by atoms with Crippen LogP contribution in [0.15, 0.2) is 47.5 Å². The number of fused-ring (bicyclic) bond motifs is 1. The van der Waals surface area contributed by atoms with E-state index in [0.29, 0.717) is 17.8 Å². The second-order valence-corrected chi connectivity index (χ2v) is 6.68. The molecule has 0 spiro atoms. The SMILES string of the molecule is CCOc1ccc2c(c1)sc(=NC(=O)Cc1ccc(C)cc1)n2C. The van der Waals surface area contributed by atoms with Crippen molar-refractivity contribution in [3.05, 3.63) is 58.4 Å². The standard InChI is InChI=1S/C19H20N2O2S/c1-4-23-15-9-10-16-17(12-15)24-19(21(16)3)20-18(22)11-14-7-5-13(2)6-8-14/h5-10,12H,4,11H2,1-3H3. The van der Waals surface area contributed by atoms with E-state index >= 15 is 0 Å². The molecular weight excluding hydrogens is 320 g/mol. The third-order valence-corrected chi connectivity index (χ3v) is 4.88. The number of ether oxygens (including phenoxy) is 1. The summed E-state index contributed by atoms with van der Waals surface area (Å²) in [5.74, 6) is 0.704. The molecule has 0 saturated carbocycles. The third kappa shape index (κ3) is 3.57. The molecule has 2 aromatic carbocycles. The molecule has 124 valence electrons. The first-order valence-corrected chi connectivity index (χ1v) is 8.74. The lowest BCUT2D eigenvalue weighted by atomic mass is 10.1. The predicted molar refractivity (Wildman–Crippen MR) is 97.4 cm³/mol. The van der Waals surface area contributed by atoms with Crippen LogP contribution in [-0.4, -0.2) is 17.1 Å². The topological polar surface area (TPSA) is 43.6 Å². The maximum absolute atomic E-state index is 12.3. The van der Waals surface area contributed by atoms with Crippen molar-refractivity contribution in [1.82, 2.24) is 4.57 Å². The van der Waals surface area contributed by atoms with Crippen LogP contribution in [-0.2, 0) is 18.3 Å². The molecule has 3 aromatic rings. The highest BCUT2D eigenvalue weighted by atomic mass is 32.1. The number of rotatable bonds is 4. The van der Waals surface area contributed by atoms with Gasteiger partial charge in [0, 0.05) is 7.05 Å². The number of aromatic nitrogens is 1. The maximum atomic E-state index is 12.3. The highest BCUT2D eigenvalue weighted by Gasteiger charge is 2.07. The molecule has 3 rings (SSSR count). The van der Waals surface area contributed by atoms with E-state index in [1.807, 2.05) is 67.9 Å². The van der Waals surface area contributed by atoms with Crippen molar-refractivity contribution < 1.29 is 9.53 Å². The molecule has 4 nitrogen and oxygen atoms in total. The van der Waals surface area contributed by atoms with Gasteiger partial charge in [-0.1, -0.05) is 41.2 Å². The fourth-order valence-electron chi connectivity index (χ4n) is 2.50. The summed E-state index contributed by atoms with van der Waals surface area (Å²) in [6.07, 6.45) is 0.318. The van der Waals surface area contributed by atoms with Gasteiger partial charge >= 0.3 is 0 Å². The number of nitrogens with zero attached hydrogens (tertiary/aromatic N) is 2. The molecule has 5 heteroatoms. The van der Waals surface area contributed by atoms with Gasteiger partial charge in [-0.15, -0.1) is 0 Å². The Morgan fingerprint density at radius 2 is 1.96 bits per heavy atom. The van der Waals surface area contributed by atoms with E-state index in [4.69, 9.17) is 4.74 Å². The molecule has 24 heavy (non-hydrogen) atoms. The molecule has 0 aliphatic heterocycles. The number of benzene rings is 2. The van der Waals surface area contributed by atoms with Gasteiger partial charge in [-0.3, -0.25) is 4.79 Å². The van der Waals surface area contributed by atoms with Crippen LogP contribution in [0.4, 0.5) is 0 Å². The zero-order chi connectivity index (χ0) is 17.1. The van der Waals surface area contributed by atoms with Crippen molar-refractivity contribution in [3.8, 4) is 5.75 Å². The third-order valence-electron chi connectivity index (χ3n) is 3.79. The van der Waals surface area contributed by atoms with Crippen molar-refractivity contribution >= 4 is 27.5 Å². The van der Waals surface area contributed by atoms with Gasteiger partial charge in [-0.25, -0.2) is 0 Å². The van der Waals surface area contributed by atoms with E-state index in [1.165, 1.54) is 16.9 Å². The Bertz CT molecular complexity index is 936. The van der Waals surface area contributed by atoms with Crippen LogP contribution >= 0.6 is 11.3 Å². The quantitative estimate of drug-likeness (QED) is 0.728. The van der Waals surface area contributed by atoms with Gasteiger partial charge in [-0.2, -0.15) is 4.99 Å². The number of carbonyl (C=O) groups excluding carboxylic acids is 1. The van der Waals surface area contributed by atoms with E-state index in [2.05, 4.69) is 4.99 Å². The fourth-order valence-corrected chi connectivity index (χ4v) is 3.57. The number of thiazole rings is 1. The van der Waals surface area contributed by atoms with Crippen molar-refractivity contribution in [2.24, 2.45) is 12.0 Å². The highest BCUT2D eigenvalue weighted by Crippen LogP contribution is 2.22. The lowest BCUT2D eigenvalue weighted by Gasteiger charge is -2.02. The Morgan fingerprint density at radius 3 is 2.67 bits per heavy atom. The first kappa shape index (κ1) is 16.5. The zero-order valence-corrected chi connectivity index (χ0v) is 14.9. The minimum atomic E-state index is -0.133. The molecule has 0 aliphatic carbocycles. The molecule has 0 unspecified atom stereocenters. The van der Waals surface area contributed by atoms with Crippen molar-refractivity contribution in [2.45, 2.75) is 20.3 Å². The normalized spacial score (nSPS) is 11.9. The molecule has 0 radical (unpaired) electrons. The van der Waals surface area contributed by atoms with Crippen molar-refractivity contribution in [3.63, 3.8) is 0 Å². The summed E-state index contributed by atoms with van der Waals surface area (Å²) in [4.78, 5) is 17.3. The molecule has 0 fully saturated rings. The summed E-state index contributed by atoms with van der Waals surface area (Å²) < 4.78 is 8.54. The Kier molecular flexibility index (Phi) is 4.81. The van der Waals surface area contributed by atoms with Crippen LogP contribution in [0, 0.1) is 6.92 Å². The lowest BCUT2D eigenvalue weighted by molar-refractivity contribution is -0.117. The Morgan fingerprint density at radius 1 is 1.21 bits per heavy atom. The van der Waals surface area contributed by atoms with Gasteiger partial charge in [0.05, 0.1) is 23.2 Å². The summed E-state index contributed by atoms with van der Waals surface area (Å²) >= 11 is 1.50. The van der Waals surface area contributed by atoms with Crippen LogP contribution in [0.25, 0.3) is 10.2 Å². The number of carbonyl (C=O) groups is 1. The summed E-state index contributed by atoms with van der Waals surface area (Å²) in [5.41, 5.74) is 3.21. The Labute approximate surface area is 145 Å². The van der Waals surface area contributed by atoms with Crippen LogP contribution < -0.4 is 9.54 Å². The molecule has 0 atom stereocenters. The molecule has 0 aliphatic rings. The molecule has 1 aromatic heterocycles. The Hall–Kier alpha value is -2.40. The van der Waals surface area contributed by atoms with Gasteiger partial charge in [0.15, 0.2) is 4.80 Å². The fraction of sp³-hybridized carbons (Fsp3) is 0.263. The first-order valence-electron chi connectivity index (χ1n) is 7.92. The van der Waals surface area contributed by atoms with Gasteiger partial charge < -0.3 is 9.30 Å². The second kappa shape index (κ2) is 7.01. The molecule has 0 bridgehead atoms. The van der Waals surface area contributed by atoms with E-state index in [1.54, 1.807) is 0 Å². The van der Waals surface area contributed by atoms with Crippen LogP contribution in [0.1, 0.15) is 18.1 Å². The summed E-state index contributed by atoms with van der Waals surface area (Å²) in [6, 6.07) is 13.9. The lowest BCUT2D eigenvalue weighted by Crippen LogP contribution is -2.14. The smallest absolute Gasteiger partial charge is 0.252 e. The van der Waals surface area contributed by atoms with Crippen molar-refractivity contribution in [1.29, 1.82) is 0 Å². The average Bonchev–Trinajstić information content (AvgIpc) is 2.85. The second-order valence-electron chi connectivity index (χ2n) is 5.67. The largest absolute Gasteiger partial charge is 0.494 e. The predicted octanol–water partition coefficient (Wildman–Crippen LogP) is 3.62. The van der Waals surface area contributed by atoms with E-state index in [9.17, 15) is 4.79 Å². The average molecular weight is 340 g/mol. The minimum Gasteiger partial charge on any atom is -0.494 e. The molecule has 0 saturated heterocycles. The number of aryl methyl sites for hydroxylation is 2. The molecule has 1 heterocycles. The number of hydrogen-bond donors (Lipinski definition) is 0. The van der Waals surface area contributed by atoms with Crippen LogP contribution in [0.5, 0.6) is 5.75 Å². The molecule has 0 N–H and O–H groups in total. The maximum Gasteiger partial charge on any atom is 0.252 e. The summed E-state index contributed by atoms with van der Waals surface area (Å²) in [5, 5.41) is 0. The van der Waals surface area contributed by atoms with Crippen LogP contribution in [0.3, 0.4) is 0 Å². The van der Waals surface area contributed by atoms with E-state index < -0.39 is 0 Å². The van der Waals surface area contributed by atoms with Gasteiger partial charge in [0.1, 0.15) is 5.75 Å². The number of amides is 1.